The molecule has 1 aliphatic rings. The largest absolute Gasteiger partial charge is 0.357 e. The number of rotatable bonds is 4. The van der Waals surface area contributed by atoms with Gasteiger partial charge in [0.2, 0.25) is 5.95 Å². The van der Waals surface area contributed by atoms with E-state index in [-0.39, 0.29) is 0 Å². The summed E-state index contributed by atoms with van der Waals surface area (Å²) in [6.07, 6.45) is 7.10. The normalized spacial score (nSPS) is 23.7. The van der Waals surface area contributed by atoms with Gasteiger partial charge >= 0.3 is 0 Å². The molecule has 0 saturated heterocycles. The van der Waals surface area contributed by atoms with E-state index in [0.29, 0.717) is 6.04 Å². The molecule has 2 atom stereocenters. The smallest absolute Gasteiger partial charge is 0.224 e. The highest BCUT2D eigenvalue weighted by Gasteiger charge is 2.23. The van der Waals surface area contributed by atoms with Crippen LogP contribution >= 0.6 is 0 Å². The molecule has 1 heterocycles. The summed E-state index contributed by atoms with van der Waals surface area (Å²) in [5.74, 6) is 2.59. The van der Waals surface area contributed by atoms with Crippen molar-refractivity contribution < 1.29 is 0 Å². The Morgan fingerprint density at radius 2 is 2.28 bits per heavy atom. The zero-order valence-corrected chi connectivity index (χ0v) is 11.7. The number of aromatic nitrogens is 2. The first kappa shape index (κ1) is 13.1. The summed E-state index contributed by atoms with van der Waals surface area (Å²) in [5.41, 5.74) is 0. The summed E-state index contributed by atoms with van der Waals surface area (Å²) in [4.78, 5) is 11.1. The van der Waals surface area contributed by atoms with Crippen molar-refractivity contribution in [1.82, 2.24) is 9.97 Å². The molecule has 1 aliphatic carbocycles. The highest BCUT2D eigenvalue weighted by atomic mass is 15.2. The zero-order valence-electron chi connectivity index (χ0n) is 11.7. The van der Waals surface area contributed by atoms with Gasteiger partial charge in [-0.15, -0.1) is 0 Å². The maximum atomic E-state index is 4.57. The lowest BCUT2D eigenvalue weighted by Gasteiger charge is -2.34. The van der Waals surface area contributed by atoms with E-state index in [2.05, 4.69) is 41.1 Å². The number of hydrogen-bond donors (Lipinski definition) is 1. The van der Waals surface area contributed by atoms with Crippen molar-refractivity contribution in [3.05, 3.63) is 12.3 Å². The monoisotopic (exact) mass is 248 g/mol. The maximum absolute atomic E-state index is 4.57. The molecule has 4 heteroatoms. The van der Waals surface area contributed by atoms with E-state index < -0.39 is 0 Å². The minimum absolute atomic E-state index is 0.623. The first-order valence-electron chi connectivity index (χ1n) is 7.00. The molecule has 1 fully saturated rings. The van der Waals surface area contributed by atoms with Gasteiger partial charge in [0.05, 0.1) is 0 Å². The van der Waals surface area contributed by atoms with Gasteiger partial charge in [-0.25, -0.2) is 4.98 Å². The molecule has 0 aromatic carbocycles. The maximum Gasteiger partial charge on any atom is 0.224 e. The van der Waals surface area contributed by atoms with Crippen LogP contribution in [-0.2, 0) is 0 Å². The molecule has 18 heavy (non-hydrogen) atoms. The Balaban J connectivity index is 2.07. The van der Waals surface area contributed by atoms with Crippen molar-refractivity contribution in [1.29, 1.82) is 0 Å². The summed E-state index contributed by atoms with van der Waals surface area (Å²) >= 11 is 0. The summed E-state index contributed by atoms with van der Waals surface area (Å²) in [7, 11) is 2.15. The third-order valence-electron chi connectivity index (χ3n) is 3.79. The van der Waals surface area contributed by atoms with E-state index in [1.807, 2.05) is 12.3 Å². The van der Waals surface area contributed by atoms with Crippen LogP contribution in [0.1, 0.15) is 39.5 Å². The van der Waals surface area contributed by atoms with Gasteiger partial charge in [0.15, 0.2) is 0 Å². The van der Waals surface area contributed by atoms with Gasteiger partial charge < -0.3 is 10.2 Å². The minimum Gasteiger partial charge on any atom is -0.357 e. The second-order valence-corrected chi connectivity index (χ2v) is 5.31. The average molecular weight is 248 g/mol. The second-order valence-electron chi connectivity index (χ2n) is 5.31. The van der Waals surface area contributed by atoms with Gasteiger partial charge in [-0.3, -0.25) is 0 Å². The Labute approximate surface area is 110 Å². The predicted molar refractivity (Wildman–Crippen MR) is 76.0 cm³/mol. The van der Waals surface area contributed by atoms with Gasteiger partial charge in [-0.1, -0.05) is 19.8 Å². The van der Waals surface area contributed by atoms with Gasteiger partial charge in [-0.05, 0) is 31.7 Å². The molecule has 0 bridgehead atoms. The van der Waals surface area contributed by atoms with Crippen molar-refractivity contribution in [2.24, 2.45) is 5.92 Å². The van der Waals surface area contributed by atoms with Crippen LogP contribution in [0.5, 0.6) is 0 Å². The van der Waals surface area contributed by atoms with Crippen molar-refractivity contribution in [3.8, 4) is 0 Å². The van der Waals surface area contributed by atoms with Crippen LogP contribution in [0.15, 0.2) is 12.3 Å². The summed E-state index contributed by atoms with van der Waals surface area (Å²) in [5, 5.41) is 3.17. The molecule has 1 N–H and O–H groups in total. The van der Waals surface area contributed by atoms with Crippen molar-refractivity contribution in [2.45, 2.75) is 45.6 Å². The zero-order chi connectivity index (χ0) is 13.0. The number of anilines is 2. The first-order chi connectivity index (χ1) is 8.70. The lowest BCUT2D eigenvalue weighted by molar-refractivity contribution is 0.335. The number of nitrogens with one attached hydrogen (secondary N) is 1. The molecule has 1 aromatic heterocycles. The quantitative estimate of drug-likeness (QED) is 0.889. The Kier molecular flexibility index (Phi) is 4.39. The second kappa shape index (κ2) is 6.03. The molecule has 0 amide bonds. The molecular formula is C14H24N4. The molecule has 1 aromatic rings. The molecular weight excluding hydrogens is 224 g/mol. The van der Waals surface area contributed by atoms with Crippen LogP contribution in [-0.4, -0.2) is 29.6 Å². The van der Waals surface area contributed by atoms with Gasteiger partial charge in [0.1, 0.15) is 5.82 Å². The SMILES string of the molecule is CCNc1nccc(N(C)C2CCCC(C)C2)n1. The van der Waals surface area contributed by atoms with E-state index in [9.17, 15) is 0 Å². The highest BCUT2D eigenvalue weighted by Crippen LogP contribution is 2.28. The molecule has 1 saturated carbocycles. The van der Waals surface area contributed by atoms with E-state index in [0.717, 1.165) is 24.2 Å². The first-order valence-corrected chi connectivity index (χ1v) is 7.00. The Bertz CT molecular complexity index is 380. The molecule has 0 aliphatic heterocycles. The van der Waals surface area contributed by atoms with Crippen LogP contribution in [0.2, 0.25) is 0 Å². The average Bonchev–Trinajstić information content (AvgIpc) is 2.39. The van der Waals surface area contributed by atoms with Gasteiger partial charge in [-0.2, -0.15) is 4.98 Å². The molecule has 2 unspecified atom stereocenters. The fourth-order valence-electron chi connectivity index (χ4n) is 2.73. The minimum atomic E-state index is 0.623. The fraction of sp³-hybridized carbons (Fsp3) is 0.714. The third kappa shape index (κ3) is 3.12. The molecule has 0 spiro atoms. The van der Waals surface area contributed by atoms with E-state index in [1.165, 1.54) is 25.7 Å². The molecule has 100 valence electrons. The van der Waals surface area contributed by atoms with E-state index >= 15 is 0 Å². The van der Waals surface area contributed by atoms with Crippen LogP contribution in [0, 0.1) is 5.92 Å². The van der Waals surface area contributed by atoms with Crippen LogP contribution in [0.25, 0.3) is 0 Å². The molecule has 2 rings (SSSR count). The Hall–Kier alpha value is -1.32. The van der Waals surface area contributed by atoms with Crippen molar-refractivity contribution in [2.75, 3.05) is 23.8 Å². The summed E-state index contributed by atoms with van der Waals surface area (Å²) < 4.78 is 0. The Morgan fingerprint density at radius 1 is 1.44 bits per heavy atom. The van der Waals surface area contributed by atoms with E-state index in [4.69, 9.17) is 0 Å². The molecule has 4 nitrogen and oxygen atoms in total. The lowest BCUT2D eigenvalue weighted by atomic mass is 9.86. The van der Waals surface area contributed by atoms with Crippen molar-refractivity contribution in [3.63, 3.8) is 0 Å². The van der Waals surface area contributed by atoms with Crippen molar-refractivity contribution >= 4 is 11.8 Å². The standard InChI is InChI=1S/C14H24N4/c1-4-15-14-16-9-8-13(17-14)18(3)12-7-5-6-11(2)10-12/h8-9,11-12H,4-7,10H2,1-3H3,(H,15,16,17). The number of nitrogens with zero attached hydrogens (tertiary/aromatic N) is 3. The van der Waals surface area contributed by atoms with Gasteiger partial charge in [0.25, 0.3) is 0 Å². The van der Waals surface area contributed by atoms with Crippen LogP contribution in [0.4, 0.5) is 11.8 Å². The number of hydrogen-bond acceptors (Lipinski definition) is 4. The van der Waals surface area contributed by atoms with Crippen LogP contribution in [0.3, 0.4) is 0 Å². The lowest BCUT2D eigenvalue weighted by Crippen LogP contribution is -2.36. The topological polar surface area (TPSA) is 41.1 Å². The Morgan fingerprint density at radius 3 is 3.00 bits per heavy atom. The molecule has 0 radical (unpaired) electrons. The van der Waals surface area contributed by atoms with E-state index in [1.54, 1.807) is 0 Å². The highest BCUT2D eigenvalue weighted by molar-refractivity contribution is 5.42. The summed E-state index contributed by atoms with van der Waals surface area (Å²) in [6.45, 7) is 5.26. The van der Waals surface area contributed by atoms with Gasteiger partial charge in [0, 0.05) is 25.8 Å². The summed E-state index contributed by atoms with van der Waals surface area (Å²) in [6, 6.07) is 2.62. The fourth-order valence-corrected chi connectivity index (χ4v) is 2.73. The third-order valence-corrected chi connectivity index (χ3v) is 3.79. The van der Waals surface area contributed by atoms with Crippen LogP contribution < -0.4 is 10.2 Å². The predicted octanol–water partition coefficient (Wildman–Crippen LogP) is 2.92.